The summed E-state index contributed by atoms with van der Waals surface area (Å²) in [4.78, 5) is 17.3. The number of nitrogens with zero attached hydrogens (tertiary/aromatic N) is 2. The van der Waals surface area contributed by atoms with Crippen molar-refractivity contribution in [3.63, 3.8) is 0 Å². The molecule has 0 radical (unpaired) electrons. The minimum Gasteiger partial charge on any atom is -0.497 e. The SMILES string of the molecule is COc1ccc(CCN2CCC(N3Cc4cc(Cl)ccc4C3=O)CC2)cc1. The van der Waals surface area contributed by atoms with Gasteiger partial charge in [-0.2, -0.15) is 0 Å². The number of carbonyl (C=O) groups excluding carboxylic acids is 1. The zero-order chi connectivity index (χ0) is 18.8. The zero-order valence-electron chi connectivity index (χ0n) is 15.7. The van der Waals surface area contributed by atoms with Gasteiger partial charge in [0.05, 0.1) is 7.11 Å². The van der Waals surface area contributed by atoms with E-state index in [9.17, 15) is 4.79 Å². The fourth-order valence-electron chi connectivity index (χ4n) is 4.14. The van der Waals surface area contributed by atoms with Gasteiger partial charge < -0.3 is 14.5 Å². The van der Waals surface area contributed by atoms with Crippen molar-refractivity contribution >= 4 is 17.5 Å². The summed E-state index contributed by atoms with van der Waals surface area (Å²) in [5.41, 5.74) is 3.22. The molecule has 4 nitrogen and oxygen atoms in total. The molecule has 0 unspecified atom stereocenters. The summed E-state index contributed by atoms with van der Waals surface area (Å²) in [6.45, 7) is 3.84. The van der Waals surface area contributed by atoms with Gasteiger partial charge in [-0.25, -0.2) is 0 Å². The molecule has 5 heteroatoms. The van der Waals surface area contributed by atoms with Gasteiger partial charge >= 0.3 is 0 Å². The first-order valence-corrected chi connectivity index (χ1v) is 9.96. The number of methoxy groups -OCH3 is 1. The van der Waals surface area contributed by atoms with Gasteiger partial charge in [-0.1, -0.05) is 23.7 Å². The minimum absolute atomic E-state index is 0.165. The third-order valence-electron chi connectivity index (χ3n) is 5.77. The second-order valence-corrected chi connectivity index (χ2v) is 7.84. The van der Waals surface area contributed by atoms with Crippen LogP contribution in [0.5, 0.6) is 5.75 Å². The van der Waals surface area contributed by atoms with Crippen LogP contribution in [-0.2, 0) is 13.0 Å². The number of ether oxygens (including phenoxy) is 1. The summed E-state index contributed by atoms with van der Waals surface area (Å²) in [5.74, 6) is 1.07. The lowest BCUT2D eigenvalue weighted by molar-refractivity contribution is 0.0598. The molecular weight excluding hydrogens is 360 g/mol. The Morgan fingerprint density at radius 1 is 1.11 bits per heavy atom. The summed E-state index contributed by atoms with van der Waals surface area (Å²) in [5, 5.41) is 0.705. The van der Waals surface area contributed by atoms with E-state index in [2.05, 4.69) is 17.0 Å². The molecule has 0 N–H and O–H groups in total. The Hall–Kier alpha value is -2.04. The first kappa shape index (κ1) is 18.3. The topological polar surface area (TPSA) is 32.8 Å². The van der Waals surface area contributed by atoms with Crippen LogP contribution >= 0.6 is 11.6 Å². The quantitative estimate of drug-likeness (QED) is 0.780. The molecule has 1 saturated heterocycles. The predicted molar refractivity (Wildman–Crippen MR) is 107 cm³/mol. The van der Waals surface area contributed by atoms with Crippen molar-refractivity contribution in [2.24, 2.45) is 0 Å². The van der Waals surface area contributed by atoms with E-state index in [1.54, 1.807) is 7.11 Å². The highest BCUT2D eigenvalue weighted by atomic mass is 35.5. The maximum Gasteiger partial charge on any atom is 0.254 e. The largest absolute Gasteiger partial charge is 0.497 e. The molecule has 0 spiro atoms. The second kappa shape index (κ2) is 7.91. The van der Waals surface area contributed by atoms with Crippen LogP contribution in [0.15, 0.2) is 42.5 Å². The molecule has 0 atom stereocenters. The Bertz CT molecular complexity index is 814. The summed E-state index contributed by atoms with van der Waals surface area (Å²) in [7, 11) is 1.69. The van der Waals surface area contributed by atoms with Crippen molar-refractivity contribution in [2.45, 2.75) is 31.8 Å². The highest BCUT2D eigenvalue weighted by Crippen LogP contribution is 2.30. The molecule has 1 amide bonds. The Labute approximate surface area is 165 Å². The lowest BCUT2D eigenvalue weighted by Crippen LogP contribution is -2.45. The van der Waals surface area contributed by atoms with Crippen LogP contribution in [0.4, 0.5) is 0 Å². The third-order valence-corrected chi connectivity index (χ3v) is 6.01. The molecule has 2 aromatic rings. The smallest absolute Gasteiger partial charge is 0.254 e. The second-order valence-electron chi connectivity index (χ2n) is 7.41. The van der Waals surface area contributed by atoms with Gasteiger partial charge in [0.1, 0.15) is 5.75 Å². The number of benzene rings is 2. The van der Waals surface area contributed by atoms with Gasteiger partial charge in [0, 0.05) is 42.8 Å². The van der Waals surface area contributed by atoms with Gasteiger partial charge in [-0.3, -0.25) is 4.79 Å². The van der Waals surface area contributed by atoms with E-state index in [1.165, 1.54) is 5.56 Å². The van der Waals surface area contributed by atoms with Crippen LogP contribution in [0.25, 0.3) is 0 Å². The van der Waals surface area contributed by atoms with Gasteiger partial charge in [0.15, 0.2) is 0 Å². The first-order chi connectivity index (χ1) is 13.1. The Kier molecular flexibility index (Phi) is 5.37. The Morgan fingerprint density at radius 3 is 2.56 bits per heavy atom. The number of carbonyl (C=O) groups is 1. The first-order valence-electron chi connectivity index (χ1n) is 9.59. The molecular formula is C22H25ClN2O2. The molecule has 2 aliphatic heterocycles. The van der Waals surface area contributed by atoms with Crippen molar-refractivity contribution < 1.29 is 9.53 Å². The van der Waals surface area contributed by atoms with E-state index in [1.807, 2.05) is 35.2 Å². The fourth-order valence-corrected chi connectivity index (χ4v) is 4.34. The maximum absolute atomic E-state index is 12.7. The van der Waals surface area contributed by atoms with Crippen molar-refractivity contribution in [3.05, 3.63) is 64.2 Å². The number of amides is 1. The molecule has 1 fully saturated rings. The summed E-state index contributed by atoms with van der Waals surface area (Å²) in [6.07, 6.45) is 3.12. The molecule has 4 rings (SSSR count). The number of likely N-dealkylation sites (tertiary alicyclic amines) is 1. The van der Waals surface area contributed by atoms with Crippen molar-refractivity contribution in [2.75, 3.05) is 26.7 Å². The molecule has 27 heavy (non-hydrogen) atoms. The van der Waals surface area contributed by atoms with E-state index in [4.69, 9.17) is 16.3 Å². The summed E-state index contributed by atoms with van der Waals surface area (Å²) >= 11 is 6.08. The Balaban J connectivity index is 1.28. The average Bonchev–Trinajstić information content (AvgIpc) is 3.03. The number of piperidine rings is 1. The van der Waals surface area contributed by atoms with Crippen LogP contribution in [-0.4, -0.2) is 48.5 Å². The van der Waals surface area contributed by atoms with Gasteiger partial charge in [0.25, 0.3) is 5.91 Å². The summed E-state index contributed by atoms with van der Waals surface area (Å²) < 4.78 is 5.21. The minimum atomic E-state index is 0.165. The van der Waals surface area contributed by atoms with Crippen molar-refractivity contribution in [1.82, 2.24) is 9.80 Å². The van der Waals surface area contributed by atoms with Crippen LogP contribution in [0.2, 0.25) is 5.02 Å². The van der Waals surface area contributed by atoms with Crippen LogP contribution < -0.4 is 4.74 Å². The van der Waals surface area contributed by atoms with E-state index in [0.717, 1.165) is 55.8 Å². The number of hydrogen-bond acceptors (Lipinski definition) is 3. The lowest BCUT2D eigenvalue weighted by atomic mass is 10.0. The number of hydrogen-bond donors (Lipinski definition) is 0. The molecule has 2 aromatic carbocycles. The molecule has 0 aromatic heterocycles. The van der Waals surface area contributed by atoms with E-state index in [-0.39, 0.29) is 5.91 Å². The molecule has 2 aliphatic rings. The standard InChI is InChI=1S/C22H25ClN2O2/c1-27-20-5-2-16(3-6-20)8-11-24-12-9-19(10-13-24)25-15-17-14-18(23)4-7-21(17)22(25)26/h2-7,14,19H,8-13,15H2,1H3. The van der Waals surface area contributed by atoms with Crippen molar-refractivity contribution in [3.8, 4) is 5.75 Å². The molecule has 0 bridgehead atoms. The third kappa shape index (κ3) is 3.97. The fraction of sp³-hybridized carbons (Fsp3) is 0.409. The molecule has 2 heterocycles. The maximum atomic E-state index is 12.7. The van der Waals surface area contributed by atoms with E-state index < -0.39 is 0 Å². The predicted octanol–water partition coefficient (Wildman–Crippen LogP) is 4.01. The molecule has 0 aliphatic carbocycles. The van der Waals surface area contributed by atoms with Gasteiger partial charge in [-0.05, 0) is 60.7 Å². The normalized spacial score (nSPS) is 18.0. The summed E-state index contributed by atoms with van der Waals surface area (Å²) in [6, 6.07) is 14.2. The number of halogens is 1. The highest BCUT2D eigenvalue weighted by Gasteiger charge is 2.34. The molecule has 142 valence electrons. The van der Waals surface area contributed by atoms with Gasteiger partial charge in [0.2, 0.25) is 0 Å². The highest BCUT2D eigenvalue weighted by molar-refractivity contribution is 6.30. The Morgan fingerprint density at radius 2 is 1.85 bits per heavy atom. The number of fused-ring (bicyclic) bond motifs is 1. The van der Waals surface area contributed by atoms with E-state index >= 15 is 0 Å². The van der Waals surface area contributed by atoms with E-state index in [0.29, 0.717) is 17.6 Å². The average molecular weight is 385 g/mol. The van der Waals surface area contributed by atoms with Crippen LogP contribution in [0.1, 0.15) is 34.3 Å². The zero-order valence-corrected chi connectivity index (χ0v) is 16.4. The van der Waals surface area contributed by atoms with Gasteiger partial charge in [-0.15, -0.1) is 0 Å². The number of rotatable bonds is 5. The monoisotopic (exact) mass is 384 g/mol. The van der Waals surface area contributed by atoms with Crippen LogP contribution in [0, 0.1) is 0 Å². The lowest BCUT2D eigenvalue weighted by Gasteiger charge is -2.36. The van der Waals surface area contributed by atoms with Crippen molar-refractivity contribution in [1.29, 1.82) is 0 Å². The molecule has 0 saturated carbocycles. The van der Waals surface area contributed by atoms with Crippen LogP contribution in [0.3, 0.4) is 0 Å².